The predicted octanol–water partition coefficient (Wildman–Crippen LogP) is 3.99. The molecule has 4 aliphatic heterocycles. The smallest absolute Gasteiger partial charge is 0.251 e. The first-order valence-electron chi connectivity index (χ1n) is 13.6. The molecule has 0 aliphatic carbocycles. The molecular weight excluding hydrogens is 510 g/mol. The van der Waals surface area contributed by atoms with E-state index in [-0.39, 0.29) is 12.0 Å². The minimum absolute atomic E-state index is 0.185. The van der Waals surface area contributed by atoms with E-state index in [1.54, 1.807) is 0 Å². The van der Waals surface area contributed by atoms with E-state index in [2.05, 4.69) is 21.3 Å². The first-order valence-corrected chi connectivity index (χ1v) is 15.0. The summed E-state index contributed by atoms with van der Waals surface area (Å²) in [5.41, 5.74) is 3.21. The average Bonchev–Trinajstić information content (AvgIpc) is 3.69. The molecule has 1 unspecified atom stereocenters. The van der Waals surface area contributed by atoms with E-state index in [1.807, 2.05) is 28.8 Å². The summed E-state index contributed by atoms with van der Waals surface area (Å²) in [7, 11) is 0. The maximum atomic E-state index is 12.6. The van der Waals surface area contributed by atoms with Gasteiger partial charge in [-0.3, -0.25) is 14.7 Å². The van der Waals surface area contributed by atoms with Crippen LogP contribution in [0.2, 0.25) is 5.02 Å². The second kappa shape index (κ2) is 11.5. The Morgan fingerprint density at radius 1 is 1.14 bits per heavy atom. The van der Waals surface area contributed by atoms with Crippen molar-refractivity contribution in [2.24, 2.45) is 4.99 Å². The van der Waals surface area contributed by atoms with Crippen LogP contribution >= 0.6 is 23.4 Å². The van der Waals surface area contributed by atoms with Crippen molar-refractivity contribution in [2.45, 2.75) is 50.3 Å². The van der Waals surface area contributed by atoms with Gasteiger partial charge in [-0.25, -0.2) is 0 Å². The third-order valence-electron chi connectivity index (χ3n) is 7.88. The Morgan fingerprint density at radius 2 is 1.97 bits per heavy atom. The summed E-state index contributed by atoms with van der Waals surface area (Å²) < 4.78 is 11.1. The van der Waals surface area contributed by atoms with Gasteiger partial charge in [0.2, 0.25) is 0 Å². The summed E-state index contributed by atoms with van der Waals surface area (Å²) in [5.74, 6) is 1.19. The molecule has 10 heteroatoms. The van der Waals surface area contributed by atoms with Gasteiger partial charge in [0, 0.05) is 74.7 Å². The summed E-state index contributed by atoms with van der Waals surface area (Å²) >= 11 is 8.29. The molecule has 1 amide bonds. The van der Waals surface area contributed by atoms with Gasteiger partial charge in [0.05, 0.1) is 22.9 Å². The molecule has 0 radical (unpaired) electrons. The number of nitrogens with one attached hydrogen (secondary N) is 2. The molecule has 1 aromatic heterocycles. The molecule has 0 spiro atoms. The fourth-order valence-corrected chi connectivity index (χ4v) is 7.02. The third-order valence-corrected chi connectivity index (χ3v) is 9.25. The lowest BCUT2D eigenvalue weighted by Crippen LogP contribution is -2.51. The first kappa shape index (κ1) is 25.5. The van der Waals surface area contributed by atoms with Crippen LogP contribution in [-0.2, 0) is 14.3 Å². The topological polar surface area (TPSA) is 82.2 Å². The Balaban J connectivity index is 1.04. The highest BCUT2D eigenvalue weighted by molar-refractivity contribution is 8.14. The SMILES string of the molecule is O=C(C1CCCO1)N1CCN(CC[C@H]2CSC(c3cc4cc(Cl)cc(NC5CCOCC5)c4[nH]3)=N2)CC1. The third kappa shape index (κ3) is 5.96. The molecule has 200 valence electrons. The molecule has 6 rings (SSSR count). The number of aromatic amines is 1. The van der Waals surface area contributed by atoms with Crippen LogP contribution in [0.3, 0.4) is 0 Å². The van der Waals surface area contributed by atoms with Crippen molar-refractivity contribution in [3.63, 3.8) is 0 Å². The number of H-pyrrole nitrogens is 1. The van der Waals surface area contributed by atoms with E-state index in [1.165, 1.54) is 0 Å². The second-order valence-corrected chi connectivity index (χ2v) is 11.9. The molecular formula is C27H36ClN5O3S. The number of carbonyl (C=O) groups excluding carboxylic acids is 1. The maximum Gasteiger partial charge on any atom is 0.251 e. The van der Waals surface area contributed by atoms with Gasteiger partial charge in [-0.05, 0) is 50.3 Å². The Morgan fingerprint density at radius 3 is 2.76 bits per heavy atom. The van der Waals surface area contributed by atoms with Gasteiger partial charge in [-0.15, -0.1) is 11.8 Å². The fraction of sp³-hybridized carbons (Fsp3) is 0.630. The van der Waals surface area contributed by atoms with Crippen LogP contribution in [0.1, 0.15) is 37.8 Å². The van der Waals surface area contributed by atoms with E-state index in [0.717, 1.165) is 123 Å². The lowest BCUT2D eigenvalue weighted by molar-refractivity contribution is -0.142. The molecule has 0 saturated carbocycles. The van der Waals surface area contributed by atoms with E-state index in [9.17, 15) is 4.79 Å². The molecule has 2 N–H and O–H groups in total. The maximum absolute atomic E-state index is 12.6. The van der Waals surface area contributed by atoms with Crippen LogP contribution < -0.4 is 5.32 Å². The molecule has 2 atom stereocenters. The normalized spacial score (nSPS) is 25.6. The lowest BCUT2D eigenvalue weighted by Gasteiger charge is -2.36. The van der Waals surface area contributed by atoms with Crippen molar-refractivity contribution in [1.29, 1.82) is 0 Å². The molecule has 8 nitrogen and oxygen atoms in total. The van der Waals surface area contributed by atoms with Crippen molar-refractivity contribution in [2.75, 3.05) is 63.6 Å². The second-order valence-electron chi connectivity index (χ2n) is 10.5. The number of aromatic nitrogens is 1. The van der Waals surface area contributed by atoms with Crippen LogP contribution in [0.4, 0.5) is 5.69 Å². The Kier molecular flexibility index (Phi) is 7.95. The largest absolute Gasteiger partial charge is 0.381 e. The van der Waals surface area contributed by atoms with Gasteiger partial charge >= 0.3 is 0 Å². The highest BCUT2D eigenvalue weighted by Crippen LogP contribution is 2.33. The monoisotopic (exact) mass is 545 g/mol. The van der Waals surface area contributed by atoms with E-state index < -0.39 is 0 Å². The number of nitrogens with zero attached hydrogens (tertiary/aromatic N) is 3. The van der Waals surface area contributed by atoms with Gasteiger partial charge in [-0.1, -0.05) is 11.6 Å². The molecule has 1 aromatic carbocycles. The van der Waals surface area contributed by atoms with Crippen molar-refractivity contribution in [3.8, 4) is 0 Å². The van der Waals surface area contributed by atoms with Crippen LogP contribution in [0.5, 0.6) is 0 Å². The number of benzene rings is 1. The minimum Gasteiger partial charge on any atom is -0.381 e. The highest BCUT2D eigenvalue weighted by atomic mass is 35.5. The van der Waals surface area contributed by atoms with Crippen LogP contribution in [0, 0.1) is 0 Å². The summed E-state index contributed by atoms with van der Waals surface area (Å²) in [6, 6.07) is 6.93. The predicted molar refractivity (Wildman–Crippen MR) is 150 cm³/mol. The van der Waals surface area contributed by atoms with E-state index >= 15 is 0 Å². The number of amides is 1. The van der Waals surface area contributed by atoms with Crippen molar-refractivity contribution >= 4 is 50.9 Å². The quantitative estimate of drug-likeness (QED) is 0.547. The summed E-state index contributed by atoms with van der Waals surface area (Å²) in [6.07, 6.45) is 4.72. The zero-order valence-corrected chi connectivity index (χ0v) is 22.8. The van der Waals surface area contributed by atoms with Gasteiger partial charge in [-0.2, -0.15) is 0 Å². The van der Waals surface area contributed by atoms with Gasteiger partial charge < -0.3 is 24.7 Å². The number of aliphatic imine (C=N–C) groups is 1. The minimum atomic E-state index is -0.204. The number of halogens is 1. The number of carbonyl (C=O) groups is 1. The number of fused-ring (bicyclic) bond motifs is 1. The number of anilines is 1. The van der Waals surface area contributed by atoms with Crippen LogP contribution in [-0.4, -0.2) is 102 Å². The number of piperazine rings is 1. The number of hydrogen-bond donors (Lipinski definition) is 2. The van der Waals surface area contributed by atoms with Crippen molar-refractivity contribution in [1.82, 2.24) is 14.8 Å². The van der Waals surface area contributed by atoms with Crippen LogP contribution in [0.15, 0.2) is 23.2 Å². The first-order chi connectivity index (χ1) is 18.1. The van der Waals surface area contributed by atoms with Gasteiger partial charge in [0.25, 0.3) is 5.91 Å². The zero-order chi connectivity index (χ0) is 25.2. The van der Waals surface area contributed by atoms with E-state index in [0.29, 0.717) is 12.1 Å². The number of rotatable bonds is 7. The van der Waals surface area contributed by atoms with Crippen molar-refractivity contribution in [3.05, 3.63) is 28.9 Å². The average molecular weight is 546 g/mol. The lowest BCUT2D eigenvalue weighted by atomic mass is 10.1. The standard InChI is InChI=1S/C27H36ClN5O3S/c28-19-14-18-15-23(31-25(18)22(16-19)29-20-4-12-35-13-5-20)26-30-21(17-37-26)3-6-32-7-9-33(10-8-32)27(34)24-2-1-11-36-24/h14-16,20-21,24,29,31H,1-13,17H2/t21-,24?/m0/s1. The van der Waals surface area contributed by atoms with Gasteiger partial charge in [0.1, 0.15) is 11.1 Å². The molecule has 3 fully saturated rings. The molecule has 3 saturated heterocycles. The number of hydrogen-bond acceptors (Lipinski definition) is 7. The summed E-state index contributed by atoms with van der Waals surface area (Å²) in [4.78, 5) is 25.7. The molecule has 37 heavy (non-hydrogen) atoms. The molecule has 2 aromatic rings. The van der Waals surface area contributed by atoms with Gasteiger partial charge in [0.15, 0.2) is 0 Å². The highest BCUT2D eigenvalue weighted by Gasteiger charge is 2.30. The Hall–Kier alpha value is -1.78. The Labute approximate surface area is 227 Å². The molecule has 0 bridgehead atoms. The van der Waals surface area contributed by atoms with Crippen molar-refractivity contribution < 1.29 is 14.3 Å². The molecule has 5 heterocycles. The van der Waals surface area contributed by atoms with Crippen LogP contribution in [0.25, 0.3) is 10.9 Å². The Bertz CT molecular complexity index is 1140. The van der Waals surface area contributed by atoms with E-state index in [4.69, 9.17) is 26.1 Å². The number of ether oxygens (including phenoxy) is 2. The zero-order valence-electron chi connectivity index (χ0n) is 21.2. The summed E-state index contributed by atoms with van der Waals surface area (Å²) in [6.45, 7) is 6.80. The number of thioether (sulfide) groups is 1. The molecule has 4 aliphatic rings. The fourth-order valence-electron chi connectivity index (χ4n) is 5.71. The summed E-state index contributed by atoms with van der Waals surface area (Å²) in [5, 5.41) is 6.62.